The highest BCUT2D eigenvalue weighted by molar-refractivity contribution is 5.94. The first kappa shape index (κ1) is 11.5. The maximum absolute atomic E-state index is 11.3. The van der Waals surface area contributed by atoms with Gasteiger partial charge in [0, 0.05) is 30.1 Å². The van der Waals surface area contributed by atoms with Gasteiger partial charge in [-0.1, -0.05) is 0 Å². The number of hydrogen-bond donors (Lipinski definition) is 2. The molecule has 3 rings (SSSR count). The van der Waals surface area contributed by atoms with Crippen LogP contribution >= 0.6 is 0 Å². The second-order valence-electron chi connectivity index (χ2n) is 4.40. The summed E-state index contributed by atoms with van der Waals surface area (Å²) in [5.74, 6) is 1.20. The molecule has 1 aromatic carbocycles. The Morgan fingerprint density at radius 1 is 1.21 bits per heavy atom. The van der Waals surface area contributed by atoms with E-state index in [0.717, 1.165) is 17.7 Å². The third-order valence-electron chi connectivity index (χ3n) is 2.95. The molecule has 0 spiro atoms. The van der Waals surface area contributed by atoms with Crippen molar-refractivity contribution >= 4 is 17.3 Å². The summed E-state index contributed by atoms with van der Waals surface area (Å²) in [6, 6.07) is 8.93. The minimum absolute atomic E-state index is 0.0543. The number of carbonyl (C=O) groups excluding carboxylic acids is 1. The van der Waals surface area contributed by atoms with Crippen molar-refractivity contribution in [1.82, 2.24) is 4.98 Å². The van der Waals surface area contributed by atoms with Crippen molar-refractivity contribution in [2.75, 3.05) is 11.1 Å². The molecule has 96 valence electrons. The molecule has 0 radical (unpaired) electrons. The monoisotopic (exact) mass is 255 g/mol. The Hall–Kier alpha value is -2.56. The van der Waals surface area contributed by atoms with Gasteiger partial charge >= 0.3 is 0 Å². The molecule has 1 aromatic heterocycles. The summed E-state index contributed by atoms with van der Waals surface area (Å²) in [7, 11) is 0. The van der Waals surface area contributed by atoms with Crippen LogP contribution in [0.25, 0.3) is 0 Å². The minimum atomic E-state index is 0.0543. The Morgan fingerprint density at radius 2 is 2.11 bits per heavy atom. The number of anilines is 2. The molecule has 1 aliphatic heterocycles. The lowest BCUT2D eigenvalue weighted by Crippen LogP contribution is -2.18. The van der Waals surface area contributed by atoms with Crippen molar-refractivity contribution in [3.8, 4) is 11.6 Å². The molecular formula is C14H13N3O2. The summed E-state index contributed by atoms with van der Waals surface area (Å²) in [5.41, 5.74) is 8.20. The molecule has 2 aromatic rings. The fourth-order valence-corrected chi connectivity index (χ4v) is 2.02. The van der Waals surface area contributed by atoms with Crippen LogP contribution < -0.4 is 15.8 Å². The Labute approximate surface area is 110 Å². The number of aromatic nitrogens is 1. The summed E-state index contributed by atoms with van der Waals surface area (Å²) in [6.07, 6.45) is 2.83. The number of benzene rings is 1. The first-order valence-electron chi connectivity index (χ1n) is 6.03. The van der Waals surface area contributed by atoms with Gasteiger partial charge in [-0.2, -0.15) is 0 Å². The normalized spacial score (nSPS) is 13.6. The van der Waals surface area contributed by atoms with Gasteiger partial charge in [0.05, 0.1) is 0 Å². The Bertz CT molecular complexity index is 640. The molecule has 5 heteroatoms. The van der Waals surface area contributed by atoms with Gasteiger partial charge in [-0.15, -0.1) is 0 Å². The highest BCUT2D eigenvalue weighted by Gasteiger charge is 2.15. The zero-order chi connectivity index (χ0) is 13.2. The smallest absolute Gasteiger partial charge is 0.224 e. The zero-order valence-electron chi connectivity index (χ0n) is 10.2. The van der Waals surface area contributed by atoms with Crippen LogP contribution in [0.4, 0.5) is 11.4 Å². The molecule has 0 saturated heterocycles. The quantitative estimate of drug-likeness (QED) is 0.863. The fraction of sp³-hybridized carbons (Fsp3) is 0.143. The van der Waals surface area contributed by atoms with E-state index in [4.69, 9.17) is 10.5 Å². The van der Waals surface area contributed by atoms with Gasteiger partial charge in [-0.25, -0.2) is 4.98 Å². The second-order valence-corrected chi connectivity index (χ2v) is 4.40. The van der Waals surface area contributed by atoms with Crippen LogP contribution in [-0.2, 0) is 11.2 Å². The van der Waals surface area contributed by atoms with Crippen LogP contribution in [0.2, 0.25) is 0 Å². The van der Waals surface area contributed by atoms with Crippen molar-refractivity contribution < 1.29 is 9.53 Å². The molecule has 19 heavy (non-hydrogen) atoms. The number of nitrogens with zero attached hydrogens (tertiary/aromatic N) is 1. The lowest BCUT2D eigenvalue weighted by atomic mass is 10.0. The molecule has 1 aliphatic rings. The number of hydrogen-bond acceptors (Lipinski definition) is 4. The van der Waals surface area contributed by atoms with Crippen LogP contribution in [0, 0.1) is 0 Å². The number of ether oxygens (including phenoxy) is 1. The van der Waals surface area contributed by atoms with E-state index in [2.05, 4.69) is 10.3 Å². The lowest BCUT2D eigenvalue weighted by Gasteiger charge is -2.17. The van der Waals surface area contributed by atoms with E-state index in [0.29, 0.717) is 23.7 Å². The van der Waals surface area contributed by atoms with Gasteiger partial charge in [0.1, 0.15) is 5.75 Å². The van der Waals surface area contributed by atoms with Crippen molar-refractivity contribution in [3.63, 3.8) is 0 Å². The molecule has 0 saturated carbocycles. The van der Waals surface area contributed by atoms with Crippen LogP contribution in [0.15, 0.2) is 36.5 Å². The predicted molar refractivity (Wildman–Crippen MR) is 72.1 cm³/mol. The summed E-state index contributed by atoms with van der Waals surface area (Å²) in [6.45, 7) is 0. The summed E-state index contributed by atoms with van der Waals surface area (Å²) in [4.78, 5) is 15.4. The first-order valence-corrected chi connectivity index (χ1v) is 6.03. The van der Waals surface area contributed by atoms with Gasteiger partial charge < -0.3 is 15.8 Å². The third kappa shape index (κ3) is 2.49. The number of pyridine rings is 1. The number of amides is 1. The maximum atomic E-state index is 11.3. The van der Waals surface area contributed by atoms with Crippen LogP contribution in [0.3, 0.4) is 0 Å². The predicted octanol–water partition coefficient (Wildman–Crippen LogP) is 2.34. The van der Waals surface area contributed by atoms with Gasteiger partial charge in [0.25, 0.3) is 0 Å². The number of carbonyl (C=O) groups is 1. The summed E-state index contributed by atoms with van der Waals surface area (Å²) in [5, 5.41) is 2.83. The number of fused-ring (bicyclic) bond motifs is 1. The van der Waals surface area contributed by atoms with E-state index in [-0.39, 0.29) is 5.91 Å². The fourth-order valence-electron chi connectivity index (χ4n) is 2.02. The highest BCUT2D eigenvalue weighted by atomic mass is 16.5. The zero-order valence-corrected chi connectivity index (χ0v) is 10.2. The maximum Gasteiger partial charge on any atom is 0.224 e. The lowest BCUT2D eigenvalue weighted by molar-refractivity contribution is -0.116. The number of nitrogen functional groups attached to an aromatic ring is 1. The number of aryl methyl sites for hydroxylation is 1. The minimum Gasteiger partial charge on any atom is -0.439 e. The summed E-state index contributed by atoms with van der Waals surface area (Å²) >= 11 is 0. The van der Waals surface area contributed by atoms with Gasteiger partial charge in [-0.3, -0.25) is 4.79 Å². The van der Waals surface area contributed by atoms with Crippen LogP contribution in [0.5, 0.6) is 11.6 Å². The van der Waals surface area contributed by atoms with Gasteiger partial charge in [-0.05, 0) is 36.2 Å². The van der Waals surface area contributed by atoms with Crippen molar-refractivity contribution in [2.24, 2.45) is 0 Å². The largest absolute Gasteiger partial charge is 0.439 e. The second kappa shape index (κ2) is 4.61. The molecule has 0 aliphatic carbocycles. The molecule has 0 atom stereocenters. The average Bonchev–Trinajstić information content (AvgIpc) is 2.39. The standard InChI is InChI=1S/C14H13N3O2/c15-10-5-6-16-14(8-10)19-11-2-3-12-9(7-11)1-4-13(18)17-12/h2-3,5-8H,1,4H2,(H2,15,16)(H,17,18). The van der Waals surface area contributed by atoms with E-state index >= 15 is 0 Å². The molecule has 1 amide bonds. The van der Waals surface area contributed by atoms with Crippen molar-refractivity contribution in [2.45, 2.75) is 12.8 Å². The molecule has 0 unspecified atom stereocenters. The molecule has 0 fully saturated rings. The van der Waals surface area contributed by atoms with E-state index in [9.17, 15) is 4.79 Å². The van der Waals surface area contributed by atoms with E-state index in [1.807, 2.05) is 12.1 Å². The SMILES string of the molecule is Nc1ccnc(Oc2ccc3c(c2)CCC(=O)N3)c1. The molecule has 5 nitrogen and oxygen atoms in total. The Balaban J connectivity index is 1.85. The number of nitrogens with one attached hydrogen (secondary N) is 1. The van der Waals surface area contributed by atoms with E-state index in [1.165, 1.54) is 0 Å². The Morgan fingerprint density at radius 3 is 2.95 bits per heavy atom. The molecule has 3 N–H and O–H groups in total. The Kier molecular flexibility index (Phi) is 2.79. The molecular weight excluding hydrogens is 242 g/mol. The molecule has 2 heterocycles. The average molecular weight is 255 g/mol. The van der Waals surface area contributed by atoms with Crippen molar-refractivity contribution in [3.05, 3.63) is 42.1 Å². The third-order valence-corrected chi connectivity index (χ3v) is 2.95. The van der Waals surface area contributed by atoms with Crippen LogP contribution in [0.1, 0.15) is 12.0 Å². The number of nitrogens with two attached hydrogens (primary N) is 1. The molecule has 0 bridgehead atoms. The van der Waals surface area contributed by atoms with Crippen LogP contribution in [-0.4, -0.2) is 10.9 Å². The topological polar surface area (TPSA) is 77.2 Å². The van der Waals surface area contributed by atoms with Crippen molar-refractivity contribution in [1.29, 1.82) is 0 Å². The van der Waals surface area contributed by atoms with E-state index < -0.39 is 0 Å². The number of rotatable bonds is 2. The van der Waals surface area contributed by atoms with Gasteiger partial charge in [0.2, 0.25) is 11.8 Å². The van der Waals surface area contributed by atoms with Gasteiger partial charge in [0.15, 0.2) is 0 Å². The summed E-state index contributed by atoms with van der Waals surface area (Å²) < 4.78 is 5.65. The van der Waals surface area contributed by atoms with E-state index in [1.54, 1.807) is 24.4 Å². The first-order chi connectivity index (χ1) is 9.20. The highest BCUT2D eigenvalue weighted by Crippen LogP contribution is 2.29.